The lowest BCUT2D eigenvalue weighted by molar-refractivity contribution is -0.118. The van der Waals surface area contributed by atoms with Crippen molar-refractivity contribution in [1.82, 2.24) is 0 Å². The van der Waals surface area contributed by atoms with Crippen molar-refractivity contribution in [1.29, 1.82) is 0 Å². The van der Waals surface area contributed by atoms with Crippen LogP contribution in [0.4, 0.5) is 5.69 Å². The number of nitrogens with one attached hydrogen (secondary N) is 1. The highest BCUT2D eigenvalue weighted by Crippen LogP contribution is 2.28. The summed E-state index contributed by atoms with van der Waals surface area (Å²) in [6.07, 6.45) is 0. The number of carbonyl (C=O) groups is 1. The van der Waals surface area contributed by atoms with Crippen LogP contribution in [0.1, 0.15) is 11.6 Å². The number of rotatable bonds is 5. The zero-order valence-corrected chi connectivity index (χ0v) is 10.7. The van der Waals surface area contributed by atoms with Crippen LogP contribution in [0, 0.1) is 0 Å². The van der Waals surface area contributed by atoms with Crippen molar-refractivity contribution in [3.8, 4) is 5.75 Å². The number of hydrogen-bond donors (Lipinski definition) is 2. The molecule has 1 aromatic carbocycles. The number of nitrogens with two attached hydrogens (primary N) is 1. The van der Waals surface area contributed by atoms with Gasteiger partial charge in [-0.3, -0.25) is 4.79 Å². The zero-order valence-electron chi connectivity index (χ0n) is 9.92. The van der Waals surface area contributed by atoms with Gasteiger partial charge in [-0.15, -0.1) is 0 Å². The molecular formula is C13H14N2O2S. The van der Waals surface area contributed by atoms with E-state index in [0.717, 1.165) is 11.3 Å². The van der Waals surface area contributed by atoms with Gasteiger partial charge in [-0.25, -0.2) is 0 Å². The van der Waals surface area contributed by atoms with Gasteiger partial charge in [-0.2, -0.15) is 11.3 Å². The van der Waals surface area contributed by atoms with Gasteiger partial charge in [0.05, 0.1) is 12.8 Å². The van der Waals surface area contributed by atoms with Gasteiger partial charge in [-0.1, -0.05) is 12.1 Å². The fraction of sp³-hybridized carbons (Fsp3) is 0.154. The van der Waals surface area contributed by atoms with Crippen LogP contribution in [0.15, 0.2) is 41.1 Å². The second kappa shape index (κ2) is 5.55. The third-order valence-electron chi connectivity index (χ3n) is 2.57. The van der Waals surface area contributed by atoms with Crippen LogP contribution in [-0.4, -0.2) is 13.0 Å². The van der Waals surface area contributed by atoms with Crippen molar-refractivity contribution in [2.24, 2.45) is 5.73 Å². The lowest BCUT2D eigenvalue weighted by Gasteiger charge is -2.17. The number of anilines is 1. The van der Waals surface area contributed by atoms with E-state index in [2.05, 4.69) is 5.32 Å². The van der Waals surface area contributed by atoms with Crippen molar-refractivity contribution in [2.45, 2.75) is 6.04 Å². The van der Waals surface area contributed by atoms with E-state index in [1.165, 1.54) is 11.3 Å². The van der Waals surface area contributed by atoms with E-state index >= 15 is 0 Å². The molecule has 1 amide bonds. The van der Waals surface area contributed by atoms with Crippen LogP contribution < -0.4 is 15.8 Å². The molecule has 3 N–H and O–H groups in total. The summed E-state index contributed by atoms with van der Waals surface area (Å²) in [5.74, 6) is 0.262. The van der Waals surface area contributed by atoms with Gasteiger partial charge >= 0.3 is 0 Å². The standard InChI is InChI=1S/C13H14N2O2S/c1-17-11-5-3-2-4-10(11)15-12(13(14)16)9-6-7-18-8-9/h2-8,12,15H,1H3,(H2,14,16). The molecule has 0 spiro atoms. The van der Waals surface area contributed by atoms with Crippen LogP contribution in [0.5, 0.6) is 5.75 Å². The van der Waals surface area contributed by atoms with Gasteiger partial charge in [0.1, 0.15) is 11.8 Å². The Hall–Kier alpha value is -2.01. The minimum atomic E-state index is -0.549. The molecule has 0 saturated carbocycles. The molecule has 0 radical (unpaired) electrons. The van der Waals surface area contributed by atoms with Crippen molar-refractivity contribution >= 4 is 22.9 Å². The molecule has 0 bridgehead atoms. The molecule has 5 heteroatoms. The second-order valence-electron chi connectivity index (χ2n) is 3.74. The highest BCUT2D eigenvalue weighted by atomic mass is 32.1. The molecule has 0 aliphatic rings. The molecule has 2 aromatic rings. The van der Waals surface area contributed by atoms with E-state index < -0.39 is 11.9 Å². The molecule has 1 atom stereocenters. The highest BCUT2D eigenvalue weighted by molar-refractivity contribution is 7.08. The number of methoxy groups -OCH3 is 1. The van der Waals surface area contributed by atoms with Crippen LogP contribution >= 0.6 is 11.3 Å². The SMILES string of the molecule is COc1ccccc1NC(C(N)=O)c1ccsc1. The number of benzene rings is 1. The van der Waals surface area contributed by atoms with Crippen molar-refractivity contribution < 1.29 is 9.53 Å². The summed E-state index contributed by atoms with van der Waals surface area (Å²) >= 11 is 1.53. The largest absolute Gasteiger partial charge is 0.495 e. The number of carbonyl (C=O) groups excluding carboxylic acids is 1. The van der Waals surface area contributed by atoms with E-state index in [1.807, 2.05) is 41.1 Å². The first kappa shape index (κ1) is 12.4. The number of thiophene rings is 1. The Balaban J connectivity index is 2.27. The quantitative estimate of drug-likeness (QED) is 0.869. The lowest BCUT2D eigenvalue weighted by atomic mass is 10.1. The maximum Gasteiger partial charge on any atom is 0.244 e. The van der Waals surface area contributed by atoms with Gasteiger partial charge < -0.3 is 15.8 Å². The Morgan fingerprint density at radius 1 is 1.39 bits per heavy atom. The zero-order chi connectivity index (χ0) is 13.0. The van der Waals surface area contributed by atoms with Gasteiger partial charge in [-0.05, 0) is 34.5 Å². The number of ether oxygens (including phenoxy) is 1. The molecule has 1 heterocycles. The number of amides is 1. The summed E-state index contributed by atoms with van der Waals surface area (Å²) in [6.45, 7) is 0. The molecule has 0 aliphatic heterocycles. The van der Waals surface area contributed by atoms with Gasteiger partial charge in [0.2, 0.25) is 5.91 Å². The highest BCUT2D eigenvalue weighted by Gasteiger charge is 2.19. The fourth-order valence-corrected chi connectivity index (χ4v) is 2.36. The Morgan fingerprint density at radius 3 is 2.78 bits per heavy atom. The average molecular weight is 262 g/mol. The van der Waals surface area contributed by atoms with E-state index in [1.54, 1.807) is 7.11 Å². The van der Waals surface area contributed by atoms with Gasteiger partial charge in [0, 0.05) is 0 Å². The molecule has 1 unspecified atom stereocenters. The number of hydrogen-bond acceptors (Lipinski definition) is 4. The Labute approximate surface area is 109 Å². The predicted octanol–water partition coefficient (Wildman–Crippen LogP) is 2.40. The van der Waals surface area contributed by atoms with E-state index in [0.29, 0.717) is 5.75 Å². The predicted molar refractivity (Wildman–Crippen MR) is 72.9 cm³/mol. The maximum absolute atomic E-state index is 11.5. The minimum Gasteiger partial charge on any atom is -0.495 e. The molecule has 18 heavy (non-hydrogen) atoms. The first-order valence-electron chi connectivity index (χ1n) is 5.43. The number of para-hydroxylation sites is 2. The average Bonchev–Trinajstić information content (AvgIpc) is 2.89. The maximum atomic E-state index is 11.5. The third-order valence-corrected chi connectivity index (χ3v) is 3.27. The molecule has 1 aromatic heterocycles. The smallest absolute Gasteiger partial charge is 0.244 e. The molecule has 94 valence electrons. The van der Waals surface area contributed by atoms with Gasteiger partial charge in [0.25, 0.3) is 0 Å². The summed E-state index contributed by atoms with van der Waals surface area (Å²) in [6, 6.07) is 8.75. The monoisotopic (exact) mass is 262 g/mol. The van der Waals surface area contributed by atoms with Crippen LogP contribution in [0.3, 0.4) is 0 Å². The van der Waals surface area contributed by atoms with Crippen molar-refractivity contribution in [3.05, 3.63) is 46.7 Å². The topological polar surface area (TPSA) is 64.3 Å². The van der Waals surface area contributed by atoms with E-state index in [4.69, 9.17) is 10.5 Å². The van der Waals surface area contributed by atoms with Gasteiger partial charge in [0.15, 0.2) is 0 Å². The Bertz CT molecular complexity index is 526. The van der Waals surface area contributed by atoms with Crippen molar-refractivity contribution in [2.75, 3.05) is 12.4 Å². The minimum absolute atomic E-state index is 0.417. The molecule has 0 fully saturated rings. The van der Waals surface area contributed by atoms with E-state index in [9.17, 15) is 4.79 Å². The second-order valence-corrected chi connectivity index (χ2v) is 4.52. The lowest BCUT2D eigenvalue weighted by Crippen LogP contribution is -2.27. The summed E-state index contributed by atoms with van der Waals surface area (Å²) in [5.41, 5.74) is 7.03. The molecule has 2 rings (SSSR count). The molecule has 0 aliphatic carbocycles. The summed E-state index contributed by atoms with van der Waals surface area (Å²) in [4.78, 5) is 11.5. The first-order chi connectivity index (χ1) is 8.72. The Kier molecular flexibility index (Phi) is 3.84. The molecule has 4 nitrogen and oxygen atoms in total. The molecular weight excluding hydrogens is 248 g/mol. The fourth-order valence-electron chi connectivity index (χ4n) is 1.68. The summed E-state index contributed by atoms with van der Waals surface area (Å²) in [7, 11) is 1.59. The van der Waals surface area contributed by atoms with Crippen LogP contribution in [-0.2, 0) is 4.79 Å². The number of primary amides is 1. The third kappa shape index (κ3) is 2.62. The van der Waals surface area contributed by atoms with E-state index in [-0.39, 0.29) is 0 Å². The summed E-state index contributed by atoms with van der Waals surface area (Å²) < 4.78 is 5.23. The van der Waals surface area contributed by atoms with Crippen LogP contribution in [0.25, 0.3) is 0 Å². The first-order valence-corrected chi connectivity index (χ1v) is 6.37. The Morgan fingerprint density at radius 2 is 2.17 bits per heavy atom. The summed E-state index contributed by atoms with van der Waals surface area (Å²) in [5, 5.41) is 6.92. The molecule has 0 saturated heterocycles. The van der Waals surface area contributed by atoms with Crippen LogP contribution in [0.2, 0.25) is 0 Å². The normalized spacial score (nSPS) is 11.8. The van der Waals surface area contributed by atoms with Crippen molar-refractivity contribution in [3.63, 3.8) is 0 Å².